The molecule has 0 N–H and O–H groups in total. The molecule has 0 spiro atoms. The van der Waals surface area contributed by atoms with Crippen LogP contribution in [0.5, 0.6) is 0 Å². The van der Waals surface area contributed by atoms with E-state index < -0.39 is 0 Å². The summed E-state index contributed by atoms with van der Waals surface area (Å²) in [6.45, 7) is 7.94. The quantitative estimate of drug-likeness (QED) is 0.755. The zero-order valence-corrected chi connectivity index (χ0v) is 12.4. The van der Waals surface area contributed by atoms with Crippen LogP contribution in [-0.4, -0.2) is 39.6 Å². The predicted octanol–water partition coefficient (Wildman–Crippen LogP) is 1.84. The van der Waals surface area contributed by atoms with Crippen LogP contribution in [-0.2, 0) is 17.8 Å². The number of rotatable bonds is 6. The van der Waals surface area contributed by atoms with Crippen LogP contribution in [0.25, 0.3) is 11.3 Å². The molecule has 108 valence electrons. The van der Waals surface area contributed by atoms with Crippen LogP contribution in [0.2, 0.25) is 0 Å². The molecule has 0 amide bonds. The molecule has 2 aromatic heterocycles. The van der Waals surface area contributed by atoms with Gasteiger partial charge in [-0.15, -0.1) is 0 Å². The Kier molecular flexibility index (Phi) is 4.34. The molecule has 0 saturated carbocycles. The molecule has 0 aliphatic heterocycles. The van der Waals surface area contributed by atoms with Gasteiger partial charge < -0.3 is 4.74 Å². The minimum atomic E-state index is 0.601. The summed E-state index contributed by atoms with van der Waals surface area (Å²) in [6, 6.07) is 0. The summed E-state index contributed by atoms with van der Waals surface area (Å²) in [7, 11) is 1.67. The number of methoxy groups -OCH3 is 1. The SMILES string of the molecule is CCn1cc(C=O)c(-c2c(C)nn(CCOC)c2C)n1. The van der Waals surface area contributed by atoms with Crippen LogP contribution in [0.15, 0.2) is 6.20 Å². The van der Waals surface area contributed by atoms with E-state index in [9.17, 15) is 4.79 Å². The molecule has 6 nitrogen and oxygen atoms in total. The van der Waals surface area contributed by atoms with Crippen molar-refractivity contribution in [2.75, 3.05) is 13.7 Å². The molecule has 0 unspecified atom stereocenters. The van der Waals surface area contributed by atoms with Gasteiger partial charge in [0.1, 0.15) is 5.69 Å². The average Bonchev–Trinajstić information content (AvgIpc) is 2.97. The second-order valence-electron chi connectivity index (χ2n) is 4.67. The number of hydrogen-bond acceptors (Lipinski definition) is 4. The Labute approximate surface area is 118 Å². The highest BCUT2D eigenvalue weighted by Gasteiger charge is 2.19. The molecule has 0 aromatic carbocycles. The molecule has 0 aliphatic carbocycles. The smallest absolute Gasteiger partial charge is 0.153 e. The maximum atomic E-state index is 11.2. The number of carbonyl (C=O) groups excluding carboxylic acids is 1. The van der Waals surface area contributed by atoms with Crippen molar-refractivity contribution in [2.24, 2.45) is 0 Å². The molecule has 0 aliphatic rings. The van der Waals surface area contributed by atoms with E-state index >= 15 is 0 Å². The fraction of sp³-hybridized carbons (Fsp3) is 0.500. The summed E-state index contributed by atoms with van der Waals surface area (Å²) < 4.78 is 8.75. The Hall–Kier alpha value is -1.95. The minimum absolute atomic E-state index is 0.601. The van der Waals surface area contributed by atoms with Crippen LogP contribution in [0.4, 0.5) is 0 Å². The van der Waals surface area contributed by atoms with Crippen LogP contribution in [0.3, 0.4) is 0 Å². The summed E-state index contributed by atoms with van der Waals surface area (Å²) >= 11 is 0. The van der Waals surface area contributed by atoms with Gasteiger partial charge in [0.05, 0.1) is 24.4 Å². The van der Waals surface area contributed by atoms with E-state index in [0.29, 0.717) is 24.4 Å². The Morgan fingerprint density at radius 2 is 2.10 bits per heavy atom. The zero-order valence-electron chi connectivity index (χ0n) is 12.4. The van der Waals surface area contributed by atoms with Crippen LogP contribution in [0.1, 0.15) is 28.7 Å². The van der Waals surface area contributed by atoms with E-state index in [1.165, 1.54) is 0 Å². The molecule has 0 radical (unpaired) electrons. The number of nitrogens with zero attached hydrogens (tertiary/aromatic N) is 4. The fourth-order valence-corrected chi connectivity index (χ4v) is 2.31. The monoisotopic (exact) mass is 276 g/mol. The van der Waals surface area contributed by atoms with Crippen molar-refractivity contribution in [2.45, 2.75) is 33.9 Å². The van der Waals surface area contributed by atoms with Crippen molar-refractivity contribution in [1.82, 2.24) is 19.6 Å². The molecule has 0 saturated heterocycles. The van der Waals surface area contributed by atoms with E-state index in [2.05, 4.69) is 10.2 Å². The van der Waals surface area contributed by atoms with Gasteiger partial charge >= 0.3 is 0 Å². The lowest BCUT2D eigenvalue weighted by molar-refractivity contribution is 0.112. The number of carbonyl (C=O) groups is 1. The molecule has 0 fully saturated rings. The second-order valence-corrected chi connectivity index (χ2v) is 4.67. The second kappa shape index (κ2) is 6.00. The topological polar surface area (TPSA) is 61.9 Å². The summed E-state index contributed by atoms with van der Waals surface area (Å²) in [5.74, 6) is 0. The van der Waals surface area contributed by atoms with E-state index in [-0.39, 0.29) is 0 Å². The van der Waals surface area contributed by atoms with Crippen molar-refractivity contribution in [3.05, 3.63) is 23.1 Å². The highest BCUT2D eigenvalue weighted by molar-refractivity contribution is 5.86. The molecule has 0 atom stereocenters. The molecule has 2 aromatic rings. The highest BCUT2D eigenvalue weighted by Crippen LogP contribution is 2.28. The van der Waals surface area contributed by atoms with E-state index in [1.807, 2.05) is 25.5 Å². The van der Waals surface area contributed by atoms with Gasteiger partial charge in [0.15, 0.2) is 6.29 Å². The normalized spacial score (nSPS) is 11.0. The number of ether oxygens (including phenoxy) is 1. The van der Waals surface area contributed by atoms with Gasteiger partial charge in [-0.2, -0.15) is 10.2 Å². The highest BCUT2D eigenvalue weighted by atomic mass is 16.5. The van der Waals surface area contributed by atoms with Gasteiger partial charge in [0.2, 0.25) is 0 Å². The first kappa shape index (κ1) is 14.5. The van der Waals surface area contributed by atoms with Crippen LogP contribution in [0, 0.1) is 13.8 Å². The predicted molar refractivity (Wildman–Crippen MR) is 75.9 cm³/mol. The van der Waals surface area contributed by atoms with Crippen LogP contribution < -0.4 is 0 Å². The van der Waals surface area contributed by atoms with Crippen LogP contribution >= 0.6 is 0 Å². The largest absolute Gasteiger partial charge is 0.383 e. The molecule has 6 heteroatoms. The van der Waals surface area contributed by atoms with Crippen molar-refractivity contribution in [3.8, 4) is 11.3 Å². The lowest BCUT2D eigenvalue weighted by Gasteiger charge is -2.04. The molecule has 0 bridgehead atoms. The fourth-order valence-electron chi connectivity index (χ4n) is 2.31. The Morgan fingerprint density at radius 1 is 1.35 bits per heavy atom. The van der Waals surface area contributed by atoms with Gasteiger partial charge in [0, 0.05) is 31.1 Å². The van der Waals surface area contributed by atoms with E-state index in [4.69, 9.17) is 4.74 Å². The third-order valence-corrected chi connectivity index (χ3v) is 3.37. The summed E-state index contributed by atoms with van der Waals surface area (Å²) in [4.78, 5) is 11.2. The molecular formula is C14H20N4O2. The van der Waals surface area contributed by atoms with E-state index in [0.717, 1.165) is 29.8 Å². The van der Waals surface area contributed by atoms with Gasteiger partial charge in [-0.1, -0.05) is 0 Å². The first-order valence-electron chi connectivity index (χ1n) is 6.68. The average molecular weight is 276 g/mol. The first-order valence-corrected chi connectivity index (χ1v) is 6.68. The Bertz CT molecular complexity index is 613. The van der Waals surface area contributed by atoms with Crippen molar-refractivity contribution < 1.29 is 9.53 Å². The van der Waals surface area contributed by atoms with Gasteiger partial charge in [-0.05, 0) is 20.8 Å². The third kappa shape index (κ3) is 2.51. The lowest BCUT2D eigenvalue weighted by atomic mass is 10.1. The Morgan fingerprint density at radius 3 is 2.70 bits per heavy atom. The number of aldehydes is 1. The van der Waals surface area contributed by atoms with Gasteiger partial charge in [-0.3, -0.25) is 14.2 Å². The standard InChI is InChI=1S/C14H20N4O2/c1-5-17-8-12(9-19)14(16-17)13-10(2)15-18(11(13)3)6-7-20-4/h8-9H,5-7H2,1-4H3. The Balaban J connectivity index is 2.49. The molecule has 2 heterocycles. The van der Waals surface area contributed by atoms with Gasteiger partial charge in [0.25, 0.3) is 0 Å². The summed E-state index contributed by atoms with van der Waals surface area (Å²) in [5.41, 5.74) is 4.13. The van der Waals surface area contributed by atoms with Crippen molar-refractivity contribution >= 4 is 6.29 Å². The van der Waals surface area contributed by atoms with E-state index in [1.54, 1.807) is 18.0 Å². The lowest BCUT2D eigenvalue weighted by Crippen LogP contribution is -2.07. The van der Waals surface area contributed by atoms with Crippen molar-refractivity contribution in [3.63, 3.8) is 0 Å². The van der Waals surface area contributed by atoms with Gasteiger partial charge in [-0.25, -0.2) is 0 Å². The maximum absolute atomic E-state index is 11.2. The van der Waals surface area contributed by atoms with Crippen molar-refractivity contribution in [1.29, 1.82) is 0 Å². The minimum Gasteiger partial charge on any atom is -0.383 e. The molecular weight excluding hydrogens is 256 g/mol. The number of hydrogen-bond donors (Lipinski definition) is 0. The maximum Gasteiger partial charge on any atom is 0.153 e. The molecule has 2 rings (SSSR count). The molecule has 20 heavy (non-hydrogen) atoms. The number of aromatic nitrogens is 4. The summed E-state index contributed by atoms with van der Waals surface area (Å²) in [6.07, 6.45) is 2.62. The zero-order chi connectivity index (χ0) is 14.7. The number of aryl methyl sites for hydroxylation is 2. The third-order valence-electron chi connectivity index (χ3n) is 3.37. The first-order chi connectivity index (χ1) is 9.62. The summed E-state index contributed by atoms with van der Waals surface area (Å²) in [5, 5.41) is 8.99.